The van der Waals surface area contributed by atoms with Crippen molar-refractivity contribution in [2.45, 2.75) is 19.8 Å². The number of carbonyl (C=O) groups excluding carboxylic acids is 1. The molecule has 0 aliphatic carbocycles. The van der Waals surface area contributed by atoms with Gasteiger partial charge in [0, 0.05) is 19.8 Å². The van der Waals surface area contributed by atoms with Crippen LogP contribution in [0.15, 0.2) is 24.3 Å². The van der Waals surface area contributed by atoms with Gasteiger partial charge in [-0.3, -0.25) is 0 Å². The Hall–Kier alpha value is -1.51. The molecule has 0 bridgehead atoms. The number of urea groups is 1. The second-order valence-corrected chi connectivity index (χ2v) is 3.73. The summed E-state index contributed by atoms with van der Waals surface area (Å²) in [5, 5.41) is 2.88. The lowest BCUT2D eigenvalue weighted by molar-refractivity contribution is 0.230. The molecule has 0 heterocycles. The first kappa shape index (κ1) is 11.6. The van der Waals surface area contributed by atoms with Crippen LogP contribution in [0.5, 0.6) is 0 Å². The van der Waals surface area contributed by atoms with Gasteiger partial charge in [-0.05, 0) is 18.1 Å². The van der Waals surface area contributed by atoms with E-state index in [9.17, 15) is 4.79 Å². The van der Waals surface area contributed by atoms with Gasteiger partial charge < -0.3 is 10.2 Å². The molecule has 82 valence electrons. The maximum atomic E-state index is 11.5. The van der Waals surface area contributed by atoms with Crippen molar-refractivity contribution < 1.29 is 4.79 Å². The van der Waals surface area contributed by atoms with E-state index in [-0.39, 0.29) is 6.03 Å². The van der Waals surface area contributed by atoms with Gasteiger partial charge in [0.2, 0.25) is 0 Å². The Labute approximate surface area is 91.1 Å². The lowest BCUT2D eigenvalue weighted by Crippen LogP contribution is -2.27. The molecule has 0 fully saturated rings. The predicted molar refractivity (Wildman–Crippen MR) is 63.1 cm³/mol. The van der Waals surface area contributed by atoms with Gasteiger partial charge in [0.1, 0.15) is 0 Å². The van der Waals surface area contributed by atoms with E-state index in [1.807, 2.05) is 18.2 Å². The van der Waals surface area contributed by atoms with E-state index in [1.165, 1.54) is 10.5 Å². The molecule has 15 heavy (non-hydrogen) atoms. The highest BCUT2D eigenvalue weighted by Crippen LogP contribution is 2.16. The summed E-state index contributed by atoms with van der Waals surface area (Å²) >= 11 is 0. The molecule has 0 radical (unpaired) electrons. The average molecular weight is 206 g/mol. The van der Waals surface area contributed by atoms with E-state index in [2.05, 4.69) is 18.3 Å². The second kappa shape index (κ2) is 5.39. The highest BCUT2D eigenvalue weighted by Gasteiger charge is 2.06. The van der Waals surface area contributed by atoms with Crippen LogP contribution in [-0.4, -0.2) is 25.0 Å². The van der Waals surface area contributed by atoms with Crippen molar-refractivity contribution in [3.05, 3.63) is 29.8 Å². The minimum Gasteiger partial charge on any atom is -0.331 e. The smallest absolute Gasteiger partial charge is 0.321 e. The SMILES string of the molecule is CCCc1ccccc1NC(=O)N(C)C. The Kier molecular flexibility index (Phi) is 4.16. The Morgan fingerprint density at radius 2 is 2.00 bits per heavy atom. The predicted octanol–water partition coefficient (Wildman–Crippen LogP) is 2.73. The Bertz CT molecular complexity index is 334. The molecule has 0 aliphatic heterocycles. The lowest BCUT2D eigenvalue weighted by Gasteiger charge is -2.14. The number of para-hydroxylation sites is 1. The summed E-state index contributed by atoms with van der Waals surface area (Å²) in [5.74, 6) is 0. The fourth-order valence-corrected chi connectivity index (χ4v) is 1.36. The lowest BCUT2D eigenvalue weighted by atomic mass is 10.1. The zero-order valence-electron chi connectivity index (χ0n) is 9.58. The molecule has 0 aromatic heterocycles. The normalized spacial score (nSPS) is 9.80. The van der Waals surface area contributed by atoms with E-state index >= 15 is 0 Å². The van der Waals surface area contributed by atoms with Crippen molar-refractivity contribution in [2.24, 2.45) is 0 Å². The van der Waals surface area contributed by atoms with Gasteiger partial charge in [-0.25, -0.2) is 4.79 Å². The van der Waals surface area contributed by atoms with Crippen molar-refractivity contribution in [3.8, 4) is 0 Å². The van der Waals surface area contributed by atoms with Gasteiger partial charge in [0.15, 0.2) is 0 Å². The van der Waals surface area contributed by atoms with Crippen molar-refractivity contribution in [1.82, 2.24) is 4.90 Å². The van der Waals surface area contributed by atoms with Gasteiger partial charge in [-0.15, -0.1) is 0 Å². The number of anilines is 1. The van der Waals surface area contributed by atoms with E-state index < -0.39 is 0 Å². The molecule has 3 nitrogen and oxygen atoms in total. The first-order valence-corrected chi connectivity index (χ1v) is 5.21. The van der Waals surface area contributed by atoms with Gasteiger partial charge in [-0.1, -0.05) is 31.5 Å². The molecule has 0 aliphatic rings. The zero-order valence-corrected chi connectivity index (χ0v) is 9.58. The summed E-state index contributed by atoms with van der Waals surface area (Å²) in [5.41, 5.74) is 2.10. The van der Waals surface area contributed by atoms with Gasteiger partial charge in [-0.2, -0.15) is 0 Å². The molecule has 0 saturated carbocycles. The number of aryl methyl sites for hydroxylation is 1. The number of nitrogens with zero attached hydrogens (tertiary/aromatic N) is 1. The number of nitrogens with one attached hydrogen (secondary N) is 1. The average Bonchev–Trinajstić information content (AvgIpc) is 2.21. The first-order chi connectivity index (χ1) is 7.15. The van der Waals surface area contributed by atoms with Crippen molar-refractivity contribution in [3.63, 3.8) is 0 Å². The molecule has 1 rings (SSSR count). The van der Waals surface area contributed by atoms with Gasteiger partial charge in [0.25, 0.3) is 0 Å². The number of amides is 2. The topological polar surface area (TPSA) is 32.3 Å². The molecule has 1 aromatic carbocycles. The van der Waals surface area contributed by atoms with Crippen LogP contribution in [0.4, 0.5) is 10.5 Å². The maximum Gasteiger partial charge on any atom is 0.321 e. The third-order valence-electron chi connectivity index (χ3n) is 2.18. The van der Waals surface area contributed by atoms with Crippen LogP contribution in [-0.2, 0) is 6.42 Å². The summed E-state index contributed by atoms with van der Waals surface area (Å²) in [4.78, 5) is 13.0. The largest absolute Gasteiger partial charge is 0.331 e. The van der Waals surface area contributed by atoms with E-state index in [0.29, 0.717) is 0 Å². The fraction of sp³-hybridized carbons (Fsp3) is 0.417. The van der Waals surface area contributed by atoms with Crippen molar-refractivity contribution >= 4 is 11.7 Å². The third-order valence-corrected chi connectivity index (χ3v) is 2.18. The van der Waals surface area contributed by atoms with E-state index in [1.54, 1.807) is 14.1 Å². The Morgan fingerprint density at radius 3 is 2.60 bits per heavy atom. The van der Waals surface area contributed by atoms with Crippen LogP contribution in [0, 0.1) is 0 Å². The third kappa shape index (κ3) is 3.27. The van der Waals surface area contributed by atoms with E-state index in [0.717, 1.165) is 18.5 Å². The number of carbonyl (C=O) groups is 1. The number of hydrogen-bond donors (Lipinski definition) is 1. The molecule has 0 saturated heterocycles. The van der Waals surface area contributed by atoms with E-state index in [4.69, 9.17) is 0 Å². The minimum absolute atomic E-state index is 0.0847. The monoisotopic (exact) mass is 206 g/mol. The Morgan fingerprint density at radius 1 is 1.33 bits per heavy atom. The van der Waals surface area contributed by atoms with Crippen LogP contribution in [0.2, 0.25) is 0 Å². The number of benzene rings is 1. The summed E-state index contributed by atoms with van der Waals surface area (Å²) in [6.07, 6.45) is 2.07. The summed E-state index contributed by atoms with van der Waals surface area (Å²) in [6, 6.07) is 7.83. The van der Waals surface area contributed by atoms with Crippen molar-refractivity contribution in [1.29, 1.82) is 0 Å². The standard InChI is InChI=1S/C12H18N2O/c1-4-7-10-8-5-6-9-11(10)13-12(15)14(2)3/h5-6,8-9H,4,7H2,1-3H3,(H,13,15). The molecular weight excluding hydrogens is 188 g/mol. The molecule has 0 unspecified atom stereocenters. The number of rotatable bonds is 3. The quantitative estimate of drug-likeness (QED) is 0.810. The van der Waals surface area contributed by atoms with Crippen LogP contribution in [0.1, 0.15) is 18.9 Å². The second-order valence-electron chi connectivity index (χ2n) is 3.73. The number of hydrogen-bond acceptors (Lipinski definition) is 1. The summed E-state index contributed by atoms with van der Waals surface area (Å²) < 4.78 is 0. The van der Waals surface area contributed by atoms with Crippen LogP contribution in [0.25, 0.3) is 0 Å². The molecule has 1 N–H and O–H groups in total. The molecule has 1 aromatic rings. The summed E-state index contributed by atoms with van der Waals surface area (Å²) in [7, 11) is 3.47. The molecule has 3 heteroatoms. The molecule has 0 spiro atoms. The summed E-state index contributed by atoms with van der Waals surface area (Å²) in [6.45, 7) is 2.13. The molecular formula is C12H18N2O. The van der Waals surface area contributed by atoms with Crippen LogP contribution in [0.3, 0.4) is 0 Å². The minimum atomic E-state index is -0.0847. The highest BCUT2D eigenvalue weighted by molar-refractivity contribution is 5.89. The van der Waals surface area contributed by atoms with Crippen LogP contribution < -0.4 is 5.32 Å². The van der Waals surface area contributed by atoms with Gasteiger partial charge >= 0.3 is 6.03 Å². The van der Waals surface area contributed by atoms with Crippen molar-refractivity contribution in [2.75, 3.05) is 19.4 Å². The molecule has 2 amide bonds. The molecule has 0 atom stereocenters. The highest BCUT2D eigenvalue weighted by atomic mass is 16.2. The Balaban J connectivity index is 2.79. The zero-order chi connectivity index (χ0) is 11.3. The van der Waals surface area contributed by atoms with Crippen LogP contribution >= 0.6 is 0 Å². The first-order valence-electron chi connectivity index (χ1n) is 5.21. The maximum absolute atomic E-state index is 11.5. The van der Waals surface area contributed by atoms with Gasteiger partial charge in [0.05, 0.1) is 0 Å². The fourth-order valence-electron chi connectivity index (χ4n) is 1.36.